The molecule has 0 bridgehead atoms. The summed E-state index contributed by atoms with van der Waals surface area (Å²) >= 11 is 6.36. The van der Waals surface area contributed by atoms with Gasteiger partial charge in [-0.15, -0.1) is 0 Å². The molecule has 12 heteroatoms. The summed E-state index contributed by atoms with van der Waals surface area (Å²) in [4.78, 5) is 45.2. The zero-order valence-electron chi connectivity index (χ0n) is 26.4. The van der Waals surface area contributed by atoms with Gasteiger partial charge in [-0.3, -0.25) is 9.36 Å². The van der Waals surface area contributed by atoms with Crippen LogP contribution < -0.4 is 10.9 Å². The molecule has 246 valence electrons. The minimum Gasteiger partial charge on any atom is -0.449 e. The van der Waals surface area contributed by atoms with Crippen LogP contribution in [0.3, 0.4) is 0 Å². The van der Waals surface area contributed by atoms with Gasteiger partial charge in [-0.05, 0) is 68.5 Å². The minimum atomic E-state index is -3.55. The van der Waals surface area contributed by atoms with Crippen LogP contribution in [0.1, 0.15) is 69.1 Å². The van der Waals surface area contributed by atoms with Crippen LogP contribution in [0, 0.1) is 0 Å². The molecule has 9 nitrogen and oxygen atoms in total. The maximum absolute atomic E-state index is 15.9. The van der Waals surface area contributed by atoms with E-state index in [4.69, 9.17) is 21.1 Å². The number of benzene rings is 3. The molecule has 1 aromatic heterocycles. The lowest BCUT2D eigenvalue weighted by Crippen LogP contribution is -2.54. The number of alkyl halides is 2. The van der Waals surface area contributed by atoms with E-state index in [2.05, 4.69) is 10.3 Å². The van der Waals surface area contributed by atoms with Crippen LogP contribution in [0.25, 0.3) is 22.0 Å². The van der Waals surface area contributed by atoms with E-state index in [1.807, 2.05) is 48.5 Å². The highest BCUT2D eigenvalue weighted by Gasteiger charge is 2.49. The van der Waals surface area contributed by atoms with Crippen molar-refractivity contribution in [3.63, 3.8) is 0 Å². The molecule has 3 aromatic carbocycles. The Kier molecular flexibility index (Phi) is 8.46. The Balaban J connectivity index is 1.27. The van der Waals surface area contributed by atoms with Gasteiger partial charge in [0, 0.05) is 12.5 Å². The first kappa shape index (κ1) is 32.4. The third kappa shape index (κ3) is 6.28. The minimum absolute atomic E-state index is 0.0170. The van der Waals surface area contributed by atoms with E-state index in [0.29, 0.717) is 0 Å². The predicted molar refractivity (Wildman–Crippen MR) is 174 cm³/mol. The van der Waals surface area contributed by atoms with E-state index >= 15 is 8.78 Å². The highest BCUT2D eigenvalue weighted by Crippen LogP contribution is 2.44. The molecule has 1 unspecified atom stereocenters. The molecular weight excluding hydrogens is 630 g/mol. The number of aromatic nitrogens is 2. The van der Waals surface area contributed by atoms with E-state index in [1.165, 1.54) is 6.07 Å². The van der Waals surface area contributed by atoms with E-state index in [1.54, 1.807) is 39.8 Å². The summed E-state index contributed by atoms with van der Waals surface area (Å²) in [5.41, 5.74) is 2.79. The molecule has 2 atom stereocenters. The summed E-state index contributed by atoms with van der Waals surface area (Å²) in [6, 6.07) is 17.8. The average Bonchev–Trinajstić information content (AvgIpc) is 3.32. The fourth-order valence-corrected chi connectivity index (χ4v) is 6.69. The van der Waals surface area contributed by atoms with Crippen LogP contribution in [0.15, 0.2) is 71.5 Å². The van der Waals surface area contributed by atoms with Gasteiger partial charge < -0.3 is 19.7 Å². The molecule has 1 fully saturated rings. The first-order valence-corrected chi connectivity index (χ1v) is 15.8. The first-order valence-electron chi connectivity index (χ1n) is 15.4. The van der Waals surface area contributed by atoms with Crippen molar-refractivity contribution in [2.24, 2.45) is 0 Å². The summed E-state index contributed by atoms with van der Waals surface area (Å²) in [6.07, 6.45) is -1.93. The molecule has 47 heavy (non-hydrogen) atoms. The topological polar surface area (TPSA) is 103 Å². The highest BCUT2D eigenvalue weighted by atomic mass is 35.5. The van der Waals surface area contributed by atoms with Crippen molar-refractivity contribution < 1.29 is 27.8 Å². The van der Waals surface area contributed by atoms with Crippen molar-refractivity contribution >= 4 is 34.7 Å². The third-order valence-electron chi connectivity index (χ3n) is 8.50. The van der Waals surface area contributed by atoms with Gasteiger partial charge in [-0.25, -0.2) is 23.4 Å². The number of likely N-dealkylation sites (tertiary alicyclic amines) is 1. The van der Waals surface area contributed by atoms with Gasteiger partial charge in [0.1, 0.15) is 24.1 Å². The molecule has 0 saturated carbocycles. The second-order valence-corrected chi connectivity index (χ2v) is 13.3. The van der Waals surface area contributed by atoms with Gasteiger partial charge in [0.15, 0.2) is 0 Å². The van der Waals surface area contributed by atoms with E-state index in [-0.39, 0.29) is 47.2 Å². The number of piperidine rings is 1. The SMILES string of the molecule is C[C@H](NC(=O)OCC1c2ccccc2-c2ccccc21)c1nc2cccc(Cl)c2c(=O)n1C1CCN(C(=O)OC(C)(C)C)CC1(F)F. The molecule has 0 radical (unpaired) electrons. The van der Waals surface area contributed by atoms with Gasteiger partial charge >= 0.3 is 12.2 Å². The number of alkyl carbamates (subject to hydrolysis) is 1. The number of ether oxygens (including phenoxy) is 2. The second-order valence-electron chi connectivity index (χ2n) is 12.9. The molecule has 1 aliphatic heterocycles. The molecule has 6 rings (SSSR count). The number of nitrogens with one attached hydrogen (secondary N) is 1. The van der Waals surface area contributed by atoms with Crippen molar-refractivity contribution in [1.82, 2.24) is 19.8 Å². The highest BCUT2D eigenvalue weighted by molar-refractivity contribution is 6.35. The Labute approximate surface area is 275 Å². The standard InChI is InChI=1S/C35H35ClF2N4O5/c1-20(39-32(44)46-18-25-23-12-7-5-10-21(23)22-11-6-8-13-24(22)25)30-40-27-15-9-14-26(36)29(27)31(43)42(30)28-16-17-41(19-35(28,37)38)33(45)47-34(2,3)4/h5-15,20,25,28H,16-19H2,1-4H3,(H,39,44)/t20-,28?/m0/s1. The molecule has 1 aliphatic carbocycles. The van der Waals surface area contributed by atoms with E-state index in [9.17, 15) is 14.4 Å². The molecule has 2 amide bonds. The van der Waals surface area contributed by atoms with Gasteiger partial charge in [0.2, 0.25) is 0 Å². The second kappa shape index (κ2) is 12.3. The summed E-state index contributed by atoms with van der Waals surface area (Å²) in [5, 5.41) is 2.73. The monoisotopic (exact) mass is 664 g/mol. The van der Waals surface area contributed by atoms with Crippen molar-refractivity contribution in [2.45, 2.75) is 63.6 Å². The first-order chi connectivity index (χ1) is 22.2. The largest absolute Gasteiger partial charge is 0.449 e. The summed E-state index contributed by atoms with van der Waals surface area (Å²) in [6.45, 7) is 5.49. The quantitative estimate of drug-likeness (QED) is 0.238. The summed E-state index contributed by atoms with van der Waals surface area (Å²) in [7, 11) is 0. The van der Waals surface area contributed by atoms with E-state index in [0.717, 1.165) is 31.7 Å². The molecular formula is C35H35ClF2N4O5. The molecule has 2 aliphatic rings. The number of carbonyl (C=O) groups is 2. The van der Waals surface area contributed by atoms with Gasteiger partial charge in [-0.1, -0.05) is 66.2 Å². The van der Waals surface area contributed by atoms with Crippen molar-refractivity contribution in [3.05, 3.63) is 99.1 Å². The zero-order chi connectivity index (χ0) is 33.7. The van der Waals surface area contributed by atoms with Crippen LogP contribution >= 0.6 is 11.6 Å². The van der Waals surface area contributed by atoms with Gasteiger partial charge in [0.25, 0.3) is 11.5 Å². The fourth-order valence-electron chi connectivity index (χ4n) is 6.44. The Hall–Kier alpha value is -4.51. The number of hydrogen-bond acceptors (Lipinski definition) is 6. The summed E-state index contributed by atoms with van der Waals surface area (Å²) in [5.74, 6) is -3.82. The Morgan fingerprint density at radius 3 is 2.30 bits per heavy atom. The lowest BCUT2D eigenvalue weighted by atomic mass is 9.98. The van der Waals surface area contributed by atoms with E-state index < -0.39 is 47.9 Å². The van der Waals surface area contributed by atoms with Crippen LogP contribution in [0.5, 0.6) is 0 Å². The maximum Gasteiger partial charge on any atom is 0.410 e. The van der Waals surface area contributed by atoms with Gasteiger partial charge in [-0.2, -0.15) is 0 Å². The lowest BCUT2D eigenvalue weighted by Gasteiger charge is -2.40. The zero-order valence-corrected chi connectivity index (χ0v) is 27.2. The normalized spacial score (nSPS) is 17.9. The number of halogens is 3. The number of rotatable bonds is 5. The molecule has 1 saturated heterocycles. The Morgan fingerprint density at radius 1 is 1.04 bits per heavy atom. The van der Waals surface area contributed by atoms with Crippen molar-refractivity contribution in [3.8, 4) is 11.1 Å². The Morgan fingerprint density at radius 2 is 1.68 bits per heavy atom. The van der Waals surface area contributed by atoms with Crippen LogP contribution in [-0.2, 0) is 9.47 Å². The van der Waals surface area contributed by atoms with Gasteiger partial charge in [0.05, 0.1) is 28.5 Å². The van der Waals surface area contributed by atoms with Crippen LogP contribution in [0.2, 0.25) is 5.02 Å². The molecule has 1 N–H and O–H groups in total. The molecule has 2 heterocycles. The Bertz CT molecular complexity index is 1880. The lowest BCUT2D eigenvalue weighted by molar-refractivity contribution is -0.105. The average molecular weight is 665 g/mol. The van der Waals surface area contributed by atoms with Crippen molar-refractivity contribution in [2.75, 3.05) is 19.7 Å². The summed E-state index contributed by atoms with van der Waals surface area (Å²) < 4.78 is 43.8. The number of carbonyl (C=O) groups excluding carboxylic acids is 2. The van der Waals surface area contributed by atoms with Crippen molar-refractivity contribution in [1.29, 1.82) is 0 Å². The molecule has 0 spiro atoms. The number of nitrogens with zero attached hydrogens (tertiary/aromatic N) is 3. The smallest absolute Gasteiger partial charge is 0.410 e. The third-order valence-corrected chi connectivity index (χ3v) is 8.81. The number of amides is 2. The predicted octanol–water partition coefficient (Wildman–Crippen LogP) is 7.47. The van der Waals surface area contributed by atoms with Crippen LogP contribution in [0.4, 0.5) is 18.4 Å². The molecule has 4 aromatic rings. The fraction of sp³-hybridized carbons (Fsp3) is 0.371. The number of fused-ring (bicyclic) bond motifs is 4. The maximum atomic E-state index is 15.9. The van der Waals surface area contributed by atoms with Crippen LogP contribution in [-0.4, -0.2) is 57.9 Å². The number of hydrogen-bond donors (Lipinski definition) is 1.